The van der Waals surface area contributed by atoms with Gasteiger partial charge in [0.2, 0.25) is 0 Å². The summed E-state index contributed by atoms with van der Waals surface area (Å²) >= 11 is 0. The molecule has 0 saturated carbocycles. The highest BCUT2D eigenvalue weighted by molar-refractivity contribution is 7.89. The number of nitrogens with one attached hydrogen (secondary N) is 1. The predicted molar refractivity (Wildman–Crippen MR) is 97.9 cm³/mol. The number of aryl methyl sites for hydroxylation is 1. The van der Waals surface area contributed by atoms with Gasteiger partial charge < -0.3 is 9.47 Å². The average Bonchev–Trinajstić information content (AvgIpc) is 2.57. The van der Waals surface area contributed by atoms with Gasteiger partial charge in [0.25, 0.3) is 10.0 Å². The van der Waals surface area contributed by atoms with E-state index in [4.69, 9.17) is 9.47 Å². The standard InChI is InChI=1S/C18H22N2O4S/c1-4-23-16-9-8-15(18(12-16)24-5-2)13-19-20-25(21,22)17-10-6-14(3)7-11-17/h6-13,20H,4-5H2,1-3H3/b19-13+. The van der Waals surface area contributed by atoms with Crippen LogP contribution in [0.15, 0.2) is 52.5 Å². The molecule has 0 bridgehead atoms. The van der Waals surface area contributed by atoms with Crippen LogP contribution in [0.2, 0.25) is 0 Å². The lowest BCUT2D eigenvalue weighted by molar-refractivity contribution is 0.323. The summed E-state index contributed by atoms with van der Waals surface area (Å²) in [6, 6.07) is 11.8. The molecular weight excluding hydrogens is 340 g/mol. The molecule has 0 atom stereocenters. The molecule has 0 aromatic heterocycles. The summed E-state index contributed by atoms with van der Waals surface area (Å²) in [6.45, 7) is 6.69. The topological polar surface area (TPSA) is 77.0 Å². The molecule has 1 N–H and O–H groups in total. The molecule has 0 fully saturated rings. The first-order valence-corrected chi connectivity index (χ1v) is 9.45. The van der Waals surface area contributed by atoms with E-state index in [-0.39, 0.29) is 4.90 Å². The third-order valence-electron chi connectivity index (χ3n) is 3.30. The van der Waals surface area contributed by atoms with Crippen LogP contribution < -0.4 is 14.3 Å². The molecule has 0 aliphatic rings. The van der Waals surface area contributed by atoms with Gasteiger partial charge in [0.1, 0.15) is 11.5 Å². The van der Waals surface area contributed by atoms with Crippen molar-refractivity contribution in [1.29, 1.82) is 0 Å². The fraction of sp³-hybridized carbons (Fsp3) is 0.278. The van der Waals surface area contributed by atoms with Crippen LogP contribution in [0.4, 0.5) is 0 Å². The molecule has 2 rings (SSSR count). The molecule has 0 radical (unpaired) electrons. The van der Waals surface area contributed by atoms with Gasteiger partial charge >= 0.3 is 0 Å². The molecule has 0 aliphatic carbocycles. The van der Waals surface area contributed by atoms with Gasteiger partial charge in [0.15, 0.2) is 0 Å². The van der Waals surface area contributed by atoms with E-state index in [2.05, 4.69) is 9.93 Å². The van der Waals surface area contributed by atoms with E-state index in [1.165, 1.54) is 18.3 Å². The minimum atomic E-state index is -3.70. The van der Waals surface area contributed by atoms with Gasteiger partial charge in [-0.25, -0.2) is 4.83 Å². The SMILES string of the molecule is CCOc1ccc(/C=N/NS(=O)(=O)c2ccc(C)cc2)c(OCC)c1. The number of hydrogen-bond acceptors (Lipinski definition) is 5. The van der Waals surface area contributed by atoms with E-state index >= 15 is 0 Å². The van der Waals surface area contributed by atoms with Crippen LogP contribution in [0.25, 0.3) is 0 Å². The minimum Gasteiger partial charge on any atom is -0.494 e. The average molecular weight is 362 g/mol. The Balaban J connectivity index is 2.16. The quantitative estimate of drug-likeness (QED) is 0.578. The Kier molecular flexibility index (Phi) is 6.41. The van der Waals surface area contributed by atoms with Gasteiger partial charge in [-0.1, -0.05) is 17.7 Å². The summed E-state index contributed by atoms with van der Waals surface area (Å²) in [6.07, 6.45) is 1.41. The van der Waals surface area contributed by atoms with Crippen LogP contribution in [-0.4, -0.2) is 27.8 Å². The molecule has 0 aliphatic heterocycles. The third-order valence-corrected chi connectivity index (χ3v) is 4.54. The Hall–Kier alpha value is -2.54. The van der Waals surface area contributed by atoms with Gasteiger partial charge in [0, 0.05) is 11.6 Å². The third kappa shape index (κ3) is 5.22. The van der Waals surface area contributed by atoms with E-state index < -0.39 is 10.0 Å². The van der Waals surface area contributed by atoms with Gasteiger partial charge in [-0.3, -0.25) is 0 Å². The minimum absolute atomic E-state index is 0.159. The number of sulfonamides is 1. The van der Waals surface area contributed by atoms with Crippen molar-refractivity contribution in [2.75, 3.05) is 13.2 Å². The summed E-state index contributed by atoms with van der Waals surface area (Å²) in [5, 5.41) is 3.85. The molecule has 0 heterocycles. The van der Waals surface area contributed by atoms with Gasteiger partial charge in [-0.15, -0.1) is 0 Å². The Morgan fingerprint density at radius 1 is 1.04 bits per heavy atom. The first-order chi connectivity index (χ1) is 12.0. The zero-order valence-corrected chi connectivity index (χ0v) is 15.3. The fourth-order valence-electron chi connectivity index (χ4n) is 2.09. The van der Waals surface area contributed by atoms with E-state index in [0.29, 0.717) is 30.3 Å². The monoisotopic (exact) mass is 362 g/mol. The summed E-state index contributed by atoms with van der Waals surface area (Å²) < 4.78 is 35.4. The van der Waals surface area contributed by atoms with E-state index in [1.54, 1.807) is 30.3 Å². The maximum atomic E-state index is 12.2. The second kappa shape index (κ2) is 8.53. The molecule has 0 amide bonds. The lowest BCUT2D eigenvalue weighted by atomic mass is 10.2. The van der Waals surface area contributed by atoms with Crippen molar-refractivity contribution in [2.24, 2.45) is 5.10 Å². The molecule has 2 aromatic carbocycles. The van der Waals surface area contributed by atoms with Crippen LogP contribution in [0.5, 0.6) is 11.5 Å². The molecule has 134 valence electrons. The Morgan fingerprint density at radius 2 is 1.72 bits per heavy atom. The maximum absolute atomic E-state index is 12.2. The number of hydrazone groups is 1. The molecule has 0 saturated heterocycles. The molecule has 0 unspecified atom stereocenters. The van der Waals surface area contributed by atoms with Crippen molar-refractivity contribution in [3.63, 3.8) is 0 Å². The molecule has 7 heteroatoms. The Morgan fingerprint density at radius 3 is 2.36 bits per heavy atom. The summed E-state index contributed by atoms with van der Waals surface area (Å²) in [7, 11) is -3.70. The summed E-state index contributed by atoms with van der Waals surface area (Å²) in [4.78, 5) is 2.37. The Bertz CT molecular complexity index is 831. The van der Waals surface area contributed by atoms with Crippen molar-refractivity contribution < 1.29 is 17.9 Å². The van der Waals surface area contributed by atoms with Crippen LogP contribution in [0, 0.1) is 6.92 Å². The normalized spacial score (nSPS) is 11.5. The molecular formula is C18H22N2O4S. The first kappa shape index (κ1) is 18.8. The van der Waals surface area contributed by atoms with Crippen molar-refractivity contribution in [3.05, 3.63) is 53.6 Å². The van der Waals surface area contributed by atoms with E-state index in [0.717, 1.165) is 5.56 Å². The molecule has 6 nitrogen and oxygen atoms in total. The maximum Gasteiger partial charge on any atom is 0.276 e. The smallest absolute Gasteiger partial charge is 0.276 e. The van der Waals surface area contributed by atoms with E-state index in [1.807, 2.05) is 20.8 Å². The second-order valence-corrected chi connectivity index (χ2v) is 6.89. The van der Waals surface area contributed by atoms with Crippen molar-refractivity contribution in [1.82, 2.24) is 4.83 Å². The molecule has 2 aromatic rings. The number of hydrogen-bond donors (Lipinski definition) is 1. The molecule has 0 spiro atoms. The lowest BCUT2D eigenvalue weighted by Crippen LogP contribution is -2.18. The largest absolute Gasteiger partial charge is 0.494 e. The zero-order valence-electron chi connectivity index (χ0n) is 14.5. The summed E-state index contributed by atoms with van der Waals surface area (Å²) in [5.74, 6) is 1.26. The lowest BCUT2D eigenvalue weighted by Gasteiger charge is -2.10. The number of ether oxygens (including phenoxy) is 2. The van der Waals surface area contributed by atoms with Crippen LogP contribution >= 0.6 is 0 Å². The van der Waals surface area contributed by atoms with Crippen molar-refractivity contribution >= 4 is 16.2 Å². The number of rotatable bonds is 8. The molecule has 25 heavy (non-hydrogen) atoms. The van der Waals surface area contributed by atoms with E-state index in [9.17, 15) is 8.42 Å². The fourth-order valence-corrected chi connectivity index (χ4v) is 2.88. The van der Waals surface area contributed by atoms with Gasteiger partial charge in [-0.05, 0) is 45.0 Å². The van der Waals surface area contributed by atoms with Crippen molar-refractivity contribution in [3.8, 4) is 11.5 Å². The van der Waals surface area contributed by atoms with Crippen molar-refractivity contribution in [2.45, 2.75) is 25.7 Å². The van der Waals surface area contributed by atoms with Gasteiger partial charge in [-0.2, -0.15) is 13.5 Å². The predicted octanol–water partition coefficient (Wildman–Crippen LogP) is 3.10. The van der Waals surface area contributed by atoms with Crippen LogP contribution in [0.3, 0.4) is 0 Å². The zero-order chi connectivity index (χ0) is 18.3. The van der Waals surface area contributed by atoms with Crippen LogP contribution in [0.1, 0.15) is 25.0 Å². The van der Waals surface area contributed by atoms with Gasteiger partial charge in [0.05, 0.1) is 24.3 Å². The highest BCUT2D eigenvalue weighted by Crippen LogP contribution is 2.24. The highest BCUT2D eigenvalue weighted by Gasteiger charge is 2.12. The number of benzene rings is 2. The van der Waals surface area contributed by atoms with Crippen LogP contribution in [-0.2, 0) is 10.0 Å². The number of nitrogens with zero attached hydrogens (tertiary/aromatic N) is 1. The first-order valence-electron chi connectivity index (χ1n) is 7.97. The summed E-state index contributed by atoms with van der Waals surface area (Å²) in [5.41, 5.74) is 1.63. The Labute approximate surface area is 148 Å². The second-order valence-electron chi connectivity index (χ2n) is 5.23. The highest BCUT2D eigenvalue weighted by atomic mass is 32.2.